The van der Waals surface area contributed by atoms with Gasteiger partial charge in [-0.2, -0.15) is 18.4 Å². The Morgan fingerprint density at radius 2 is 1.67 bits per heavy atom. The summed E-state index contributed by atoms with van der Waals surface area (Å²) in [5, 5.41) is 12.6. The molecule has 146 valence electrons. The van der Waals surface area contributed by atoms with Gasteiger partial charge in [-0.25, -0.2) is 0 Å². The molecule has 1 heterocycles. The summed E-state index contributed by atoms with van der Waals surface area (Å²) in [5.74, 6) is 0.518. The zero-order chi connectivity index (χ0) is 20.2. The summed E-state index contributed by atoms with van der Waals surface area (Å²) >= 11 is 0. The highest BCUT2D eigenvalue weighted by Gasteiger charge is 2.49. The Labute approximate surface area is 160 Å². The molecule has 1 aliphatic carbocycles. The van der Waals surface area contributed by atoms with Crippen LogP contribution in [0.4, 0.5) is 18.9 Å². The zero-order valence-corrected chi connectivity index (χ0v) is 16.8. The van der Waals surface area contributed by atoms with Crippen LogP contribution in [0.5, 0.6) is 0 Å². The topological polar surface area (TPSA) is 35.8 Å². The van der Waals surface area contributed by atoms with Crippen molar-refractivity contribution in [3.63, 3.8) is 0 Å². The number of hydrogen-bond acceptors (Lipinski definition) is 2. The van der Waals surface area contributed by atoms with Crippen molar-refractivity contribution in [3.8, 4) is 6.07 Å². The van der Waals surface area contributed by atoms with Gasteiger partial charge in [-0.05, 0) is 35.7 Å². The van der Waals surface area contributed by atoms with Crippen LogP contribution in [0.1, 0.15) is 58.6 Å². The second-order valence-electron chi connectivity index (χ2n) is 9.89. The van der Waals surface area contributed by atoms with Gasteiger partial charge < -0.3 is 5.32 Å². The predicted octanol–water partition coefficient (Wildman–Crippen LogP) is 5.56. The van der Waals surface area contributed by atoms with Crippen LogP contribution in [0.25, 0.3) is 0 Å². The molecule has 0 aromatic heterocycles. The van der Waals surface area contributed by atoms with Crippen molar-refractivity contribution >= 4 is 17.9 Å². The van der Waals surface area contributed by atoms with E-state index in [2.05, 4.69) is 39.9 Å². The summed E-state index contributed by atoms with van der Waals surface area (Å²) < 4.78 is 41.5. The Hall–Kier alpha value is -1.64. The van der Waals surface area contributed by atoms with Crippen LogP contribution in [0.3, 0.4) is 0 Å². The number of nitriles is 1. The average Bonchev–Trinajstić information content (AvgIpc) is 2.72. The van der Waals surface area contributed by atoms with Crippen molar-refractivity contribution in [1.29, 1.82) is 5.26 Å². The van der Waals surface area contributed by atoms with Crippen molar-refractivity contribution in [1.82, 2.24) is 0 Å². The van der Waals surface area contributed by atoms with Gasteiger partial charge in [0.1, 0.15) is 6.07 Å². The number of rotatable bonds is 3. The molecule has 1 saturated carbocycles. The van der Waals surface area contributed by atoms with Gasteiger partial charge in [-0.3, -0.25) is 0 Å². The number of halogens is 3. The molecule has 0 bridgehead atoms. The van der Waals surface area contributed by atoms with Gasteiger partial charge in [0.05, 0.1) is 16.8 Å². The van der Waals surface area contributed by atoms with E-state index in [0.29, 0.717) is 11.4 Å². The van der Waals surface area contributed by atoms with Crippen LogP contribution in [-0.2, 0) is 6.18 Å². The van der Waals surface area contributed by atoms with Gasteiger partial charge in [-0.15, -0.1) is 0 Å². The first-order valence-electron chi connectivity index (χ1n) is 9.76. The number of anilines is 1. The van der Waals surface area contributed by atoms with Crippen LogP contribution in [-0.4, -0.2) is 12.8 Å². The maximum atomic E-state index is 13.8. The summed E-state index contributed by atoms with van der Waals surface area (Å²) in [5.41, 5.74) is 0.108. The number of benzene rings is 1. The van der Waals surface area contributed by atoms with Gasteiger partial charge in [0.25, 0.3) is 0 Å². The Morgan fingerprint density at radius 3 is 2.11 bits per heavy atom. The molecule has 3 rings (SSSR count). The third-order valence-electron chi connectivity index (χ3n) is 7.13. The quantitative estimate of drug-likeness (QED) is 0.702. The van der Waals surface area contributed by atoms with Crippen molar-refractivity contribution in [2.75, 3.05) is 5.32 Å². The first kappa shape index (κ1) is 20.1. The SMILES string of the molecule is CC1CC(Nc2c(C#N)cc(B3CC(C)(C)C(C)(C)C3)cc2C(F)(F)F)C1. The fourth-order valence-corrected chi connectivity index (χ4v) is 4.68. The zero-order valence-electron chi connectivity index (χ0n) is 16.8. The molecule has 6 heteroatoms. The molecule has 1 aromatic rings. The normalized spacial score (nSPS) is 26.4. The molecular formula is C21H28BF3N2. The van der Waals surface area contributed by atoms with E-state index < -0.39 is 11.7 Å². The second-order valence-corrected chi connectivity index (χ2v) is 9.89. The van der Waals surface area contributed by atoms with Crippen molar-refractivity contribution in [3.05, 3.63) is 23.3 Å². The molecule has 1 aliphatic heterocycles. The van der Waals surface area contributed by atoms with Crippen LogP contribution in [0.2, 0.25) is 12.6 Å². The van der Waals surface area contributed by atoms with E-state index in [1.54, 1.807) is 6.07 Å². The largest absolute Gasteiger partial charge is 0.418 e. The Kier molecular flexibility index (Phi) is 4.81. The van der Waals surface area contributed by atoms with Crippen LogP contribution >= 0.6 is 0 Å². The van der Waals surface area contributed by atoms with Crippen molar-refractivity contribution < 1.29 is 13.2 Å². The molecule has 2 fully saturated rings. The van der Waals surface area contributed by atoms with Crippen LogP contribution in [0.15, 0.2) is 12.1 Å². The molecule has 1 aromatic carbocycles. The summed E-state index contributed by atoms with van der Waals surface area (Å²) in [6.45, 7) is 10.8. The second kappa shape index (κ2) is 6.46. The van der Waals surface area contributed by atoms with Crippen LogP contribution < -0.4 is 10.8 Å². The summed E-state index contributed by atoms with van der Waals surface area (Å²) in [7, 11) is 0. The fraction of sp³-hybridized carbons (Fsp3) is 0.667. The average molecular weight is 376 g/mol. The van der Waals surface area contributed by atoms with E-state index in [9.17, 15) is 18.4 Å². The molecule has 0 amide bonds. The minimum Gasteiger partial charge on any atom is -0.381 e. The minimum atomic E-state index is -4.48. The molecule has 2 aliphatic rings. The third kappa shape index (κ3) is 3.70. The first-order chi connectivity index (χ1) is 12.3. The molecular weight excluding hydrogens is 348 g/mol. The minimum absolute atomic E-state index is 0.0170. The fourth-order valence-electron chi connectivity index (χ4n) is 4.68. The maximum absolute atomic E-state index is 13.8. The van der Waals surface area contributed by atoms with E-state index in [1.165, 1.54) is 6.07 Å². The van der Waals surface area contributed by atoms with Gasteiger partial charge in [0, 0.05) is 6.04 Å². The van der Waals surface area contributed by atoms with Crippen LogP contribution in [0, 0.1) is 28.1 Å². The smallest absolute Gasteiger partial charge is 0.381 e. The lowest BCUT2D eigenvalue weighted by atomic mass is 9.42. The lowest BCUT2D eigenvalue weighted by molar-refractivity contribution is -0.136. The molecule has 0 spiro atoms. The Balaban J connectivity index is 2.02. The lowest BCUT2D eigenvalue weighted by Gasteiger charge is -2.35. The number of nitrogens with zero attached hydrogens (tertiary/aromatic N) is 1. The Morgan fingerprint density at radius 1 is 1.11 bits per heavy atom. The van der Waals surface area contributed by atoms with Gasteiger partial charge in [0.2, 0.25) is 0 Å². The molecule has 0 unspecified atom stereocenters. The van der Waals surface area contributed by atoms with Gasteiger partial charge in [0.15, 0.2) is 6.71 Å². The summed E-state index contributed by atoms with van der Waals surface area (Å²) in [4.78, 5) is 0. The third-order valence-corrected chi connectivity index (χ3v) is 7.13. The summed E-state index contributed by atoms with van der Waals surface area (Å²) in [6.07, 6.45) is -1.14. The summed E-state index contributed by atoms with van der Waals surface area (Å²) in [6, 6.07) is 5.00. The van der Waals surface area contributed by atoms with Crippen molar-refractivity contribution in [2.24, 2.45) is 16.7 Å². The number of hydrogen-bond donors (Lipinski definition) is 1. The molecule has 27 heavy (non-hydrogen) atoms. The maximum Gasteiger partial charge on any atom is 0.418 e. The lowest BCUT2D eigenvalue weighted by Crippen LogP contribution is -2.36. The standard InChI is InChI=1S/C21H28BF3N2/c1-13-6-16(7-13)27-18-14(10-26)8-15(9-17(18)21(23,24)25)22-11-19(2,3)20(4,5)12-22/h8-9,13,16,27H,6-7,11-12H2,1-5H3. The van der Waals surface area contributed by atoms with E-state index >= 15 is 0 Å². The highest BCUT2D eigenvalue weighted by atomic mass is 19.4. The number of alkyl halides is 3. The number of nitrogens with one attached hydrogen (secondary N) is 1. The highest BCUT2D eigenvalue weighted by Crippen LogP contribution is 2.53. The van der Waals surface area contributed by atoms with E-state index in [1.807, 2.05) is 6.07 Å². The van der Waals surface area contributed by atoms with Gasteiger partial charge in [-0.1, -0.05) is 58.8 Å². The molecule has 0 radical (unpaired) electrons. The molecule has 1 N–H and O–H groups in total. The molecule has 0 atom stereocenters. The highest BCUT2D eigenvalue weighted by molar-refractivity contribution is 6.74. The Bertz CT molecular complexity index is 755. The van der Waals surface area contributed by atoms with Gasteiger partial charge >= 0.3 is 6.18 Å². The predicted molar refractivity (Wildman–Crippen MR) is 105 cm³/mol. The van der Waals surface area contributed by atoms with E-state index in [-0.39, 0.29) is 34.8 Å². The molecule has 1 saturated heterocycles. The first-order valence-corrected chi connectivity index (χ1v) is 9.76. The van der Waals surface area contributed by atoms with E-state index in [0.717, 1.165) is 25.5 Å². The van der Waals surface area contributed by atoms with E-state index in [4.69, 9.17) is 0 Å². The monoisotopic (exact) mass is 376 g/mol. The molecule has 2 nitrogen and oxygen atoms in total. The van der Waals surface area contributed by atoms with Crippen molar-refractivity contribution in [2.45, 2.75) is 72.3 Å².